The van der Waals surface area contributed by atoms with E-state index in [-0.39, 0.29) is 17.5 Å². The number of anilines is 2. The van der Waals surface area contributed by atoms with Crippen molar-refractivity contribution in [3.63, 3.8) is 0 Å². The Kier molecular flexibility index (Phi) is 3.05. The monoisotopic (exact) mass is 231 g/mol. The van der Waals surface area contributed by atoms with E-state index in [0.717, 1.165) is 0 Å². The third-order valence-corrected chi connectivity index (χ3v) is 2.12. The summed E-state index contributed by atoms with van der Waals surface area (Å²) in [5.41, 5.74) is 5.43. The molecule has 0 saturated heterocycles. The molecular weight excluding hydrogens is 218 g/mol. The second kappa shape index (κ2) is 3.95. The molecule has 0 radical (unpaired) electrons. The number of rotatable bonds is 3. The summed E-state index contributed by atoms with van der Waals surface area (Å²) in [5.74, 6) is 0.294. The Balaban J connectivity index is 3.10. The second-order valence-electron chi connectivity index (χ2n) is 3.17. The van der Waals surface area contributed by atoms with Gasteiger partial charge in [0.05, 0.1) is 0 Å². The van der Waals surface area contributed by atoms with Crippen LogP contribution in [0.2, 0.25) is 0 Å². The molecule has 0 bridgehead atoms. The highest BCUT2D eigenvalue weighted by Crippen LogP contribution is 2.07. The fourth-order valence-corrected chi connectivity index (χ4v) is 1.39. The molecule has 0 spiro atoms. The molecule has 15 heavy (non-hydrogen) atoms. The van der Waals surface area contributed by atoms with Crippen LogP contribution in [0.3, 0.4) is 0 Å². The van der Waals surface area contributed by atoms with Gasteiger partial charge in [-0.2, -0.15) is 15.0 Å². The number of nitrogens with zero attached hydrogens (tertiary/aromatic N) is 4. The van der Waals surface area contributed by atoms with Gasteiger partial charge in [-0.05, 0) is 0 Å². The molecule has 84 valence electrons. The van der Waals surface area contributed by atoms with Crippen LogP contribution in [0.4, 0.5) is 11.9 Å². The third-order valence-electron chi connectivity index (χ3n) is 1.43. The molecule has 0 saturated carbocycles. The van der Waals surface area contributed by atoms with Gasteiger partial charge >= 0.3 is 0 Å². The maximum absolute atomic E-state index is 11.0. The maximum Gasteiger partial charge on any atom is 0.229 e. The fourth-order valence-electron chi connectivity index (χ4n) is 0.881. The Morgan fingerprint density at radius 2 is 2.00 bits per heavy atom. The summed E-state index contributed by atoms with van der Waals surface area (Å²) in [6.45, 7) is 0. The summed E-state index contributed by atoms with van der Waals surface area (Å²) in [5, 5.41) is 5.08. The topological polar surface area (TPSA) is 135 Å². The fraction of sp³-hybridized carbons (Fsp3) is 0.500. The molecule has 5 N–H and O–H groups in total. The van der Waals surface area contributed by atoms with Crippen molar-refractivity contribution in [1.82, 2.24) is 15.0 Å². The van der Waals surface area contributed by atoms with E-state index < -0.39 is 9.92 Å². The molecular formula is C6H13N7OS. The number of aromatic nitrogens is 3. The Labute approximate surface area is 87.8 Å². The van der Waals surface area contributed by atoms with Crippen LogP contribution in [-0.4, -0.2) is 33.3 Å². The molecule has 0 amide bonds. The van der Waals surface area contributed by atoms with Gasteiger partial charge in [-0.3, -0.25) is 0 Å². The summed E-state index contributed by atoms with van der Waals surface area (Å²) in [4.78, 5) is 13.2. The molecule has 0 aliphatic heterocycles. The second-order valence-corrected chi connectivity index (χ2v) is 4.92. The predicted molar refractivity (Wildman–Crippen MR) is 57.3 cm³/mol. The molecule has 0 aromatic carbocycles. The van der Waals surface area contributed by atoms with Gasteiger partial charge in [0, 0.05) is 14.1 Å². The van der Waals surface area contributed by atoms with Crippen molar-refractivity contribution in [2.24, 2.45) is 5.14 Å². The van der Waals surface area contributed by atoms with Crippen LogP contribution in [-0.2, 0) is 15.7 Å². The van der Waals surface area contributed by atoms with Gasteiger partial charge in [0.2, 0.25) is 11.9 Å². The van der Waals surface area contributed by atoms with Crippen molar-refractivity contribution in [2.45, 2.75) is 5.75 Å². The molecule has 1 rings (SSSR count). The van der Waals surface area contributed by atoms with E-state index in [0.29, 0.717) is 5.95 Å². The Morgan fingerprint density at radius 1 is 1.40 bits per heavy atom. The SMILES string of the molecule is CN(C)c1nc(N)nc(CS(=N)(N)=O)n1. The average molecular weight is 231 g/mol. The van der Waals surface area contributed by atoms with Gasteiger partial charge in [0.25, 0.3) is 0 Å². The largest absolute Gasteiger partial charge is 0.368 e. The Morgan fingerprint density at radius 3 is 2.47 bits per heavy atom. The molecule has 9 heteroatoms. The van der Waals surface area contributed by atoms with Gasteiger partial charge in [-0.15, -0.1) is 0 Å². The van der Waals surface area contributed by atoms with Crippen LogP contribution in [0.5, 0.6) is 0 Å². The zero-order valence-corrected chi connectivity index (χ0v) is 9.28. The van der Waals surface area contributed by atoms with Crippen molar-refractivity contribution in [1.29, 1.82) is 4.78 Å². The predicted octanol–water partition coefficient (Wildman–Crippen LogP) is -1.06. The van der Waals surface area contributed by atoms with E-state index >= 15 is 0 Å². The minimum atomic E-state index is -3.16. The van der Waals surface area contributed by atoms with Gasteiger partial charge in [-0.25, -0.2) is 14.1 Å². The molecule has 1 aromatic rings. The summed E-state index contributed by atoms with van der Waals surface area (Å²) in [7, 11) is 0.307. The molecule has 1 aromatic heterocycles. The zero-order valence-electron chi connectivity index (χ0n) is 8.47. The van der Waals surface area contributed by atoms with E-state index in [4.69, 9.17) is 15.7 Å². The number of nitrogens with one attached hydrogen (secondary N) is 1. The molecule has 1 heterocycles. The molecule has 0 aliphatic carbocycles. The van der Waals surface area contributed by atoms with Crippen LogP contribution < -0.4 is 15.8 Å². The Hall–Kier alpha value is -1.48. The first-order valence-electron chi connectivity index (χ1n) is 4.00. The molecule has 1 unspecified atom stereocenters. The highest BCUT2D eigenvalue weighted by atomic mass is 32.2. The van der Waals surface area contributed by atoms with Crippen LogP contribution >= 0.6 is 0 Å². The van der Waals surface area contributed by atoms with E-state index in [1.165, 1.54) is 0 Å². The minimum absolute atomic E-state index is 0.0207. The standard InChI is InChI=1S/C6H13N7OS/c1-13(2)6-11-4(3-15(8,9)14)10-5(7)12-6/h3H2,1-2H3,(H3,8,9,14)(H2,7,10,11,12). The maximum atomic E-state index is 11.0. The van der Waals surface area contributed by atoms with E-state index in [1.807, 2.05) is 0 Å². The zero-order chi connectivity index (χ0) is 11.6. The number of hydrogen-bond donors (Lipinski definition) is 3. The normalized spacial score (nSPS) is 14.6. The molecule has 1 atom stereocenters. The highest BCUT2D eigenvalue weighted by molar-refractivity contribution is 7.89. The lowest BCUT2D eigenvalue weighted by atomic mass is 10.6. The van der Waals surface area contributed by atoms with Crippen molar-refractivity contribution in [2.75, 3.05) is 24.7 Å². The minimum Gasteiger partial charge on any atom is -0.368 e. The smallest absolute Gasteiger partial charge is 0.229 e. The highest BCUT2D eigenvalue weighted by Gasteiger charge is 2.09. The summed E-state index contributed by atoms with van der Waals surface area (Å²) < 4.78 is 18.1. The van der Waals surface area contributed by atoms with Gasteiger partial charge < -0.3 is 10.6 Å². The van der Waals surface area contributed by atoms with Gasteiger partial charge in [-0.1, -0.05) is 0 Å². The van der Waals surface area contributed by atoms with Crippen molar-refractivity contribution >= 4 is 21.8 Å². The lowest BCUT2D eigenvalue weighted by molar-refractivity contribution is 0.674. The van der Waals surface area contributed by atoms with Crippen molar-refractivity contribution < 1.29 is 4.21 Å². The number of nitrogens with two attached hydrogens (primary N) is 2. The first kappa shape index (κ1) is 11.6. The van der Waals surface area contributed by atoms with Crippen LogP contribution in [0, 0.1) is 4.78 Å². The summed E-state index contributed by atoms with van der Waals surface area (Å²) in [6.07, 6.45) is 0. The van der Waals surface area contributed by atoms with Crippen LogP contribution in [0.15, 0.2) is 0 Å². The van der Waals surface area contributed by atoms with E-state index in [1.54, 1.807) is 19.0 Å². The van der Waals surface area contributed by atoms with Crippen LogP contribution in [0.25, 0.3) is 0 Å². The molecule has 8 nitrogen and oxygen atoms in total. The van der Waals surface area contributed by atoms with Crippen LogP contribution in [0.1, 0.15) is 5.82 Å². The van der Waals surface area contributed by atoms with E-state index in [9.17, 15) is 4.21 Å². The van der Waals surface area contributed by atoms with E-state index in [2.05, 4.69) is 15.0 Å². The summed E-state index contributed by atoms with van der Waals surface area (Å²) >= 11 is 0. The van der Waals surface area contributed by atoms with Crippen molar-refractivity contribution in [3.8, 4) is 0 Å². The molecule has 0 fully saturated rings. The first-order chi connectivity index (χ1) is 6.78. The lowest BCUT2D eigenvalue weighted by Crippen LogP contribution is -2.19. The quantitative estimate of drug-likeness (QED) is 0.606. The Bertz CT molecular complexity index is 455. The lowest BCUT2D eigenvalue weighted by Gasteiger charge is -2.11. The average Bonchev–Trinajstić information content (AvgIpc) is 1.99. The first-order valence-corrected chi connectivity index (χ1v) is 5.79. The van der Waals surface area contributed by atoms with Gasteiger partial charge in [0.1, 0.15) is 15.7 Å². The van der Waals surface area contributed by atoms with Gasteiger partial charge in [0.15, 0.2) is 5.82 Å². The van der Waals surface area contributed by atoms with Crippen molar-refractivity contribution in [3.05, 3.63) is 5.82 Å². The summed E-state index contributed by atoms with van der Waals surface area (Å²) in [6, 6.07) is 0. The number of hydrogen-bond acceptors (Lipinski definition) is 7. The molecule has 0 aliphatic rings. The third kappa shape index (κ3) is 3.64. The number of nitrogen functional groups attached to an aromatic ring is 1.